The zero-order valence-electron chi connectivity index (χ0n) is 19.5. The summed E-state index contributed by atoms with van der Waals surface area (Å²) < 4.78 is 1.73. The summed E-state index contributed by atoms with van der Waals surface area (Å²) in [5.41, 5.74) is 5.49. The zero-order chi connectivity index (χ0) is 23.8. The Balaban J connectivity index is 1.94. The molecular formula is C30H30N2O2. The van der Waals surface area contributed by atoms with Gasteiger partial charge in [-0.05, 0) is 24.8 Å². The van der Waals surface area contributed by atoms with Crippen molar-refractivity contribution >= 4 is 5.97 Å². The van der Waals surface area contributed by atoms with Crippen LogP contribution >= 0.6 is 0 Å². The van der Waals surface area contributed by atoms with Gasteiger partial charge in [-0.2, -0.15) is 5.10 Å². The minimum Gasteiger partial charge on any atom is -0.480 e. The molecule has 1 N–H and O–H groups in total. The van der Waals surface area contributed by atoms with Crippen LogP contribution in [0.15, 0.2) is 103 Å². The Kier molecular flexibility index (Phi) is 7.71. The number of hydrogen-bond acceptors (Lipinski definition) is 2. The van der Waals surface area contributed by atoms with Gasteiger partial charge in [0.1, 0.15) is 11.7 Å². The van der Waals surface area contributed by atoms with E-state index in [1.54, 1.807) is 4.68 Å². The highest BCUT2D eigenvalue weighted by Crippen LogP contribution is 2.41. The monoisotopic (exact) mass is 450 g/mol. The Bertz CT molecular complexity index is 1230. The number of nitrogens with zero attached hydrogens (tertiary/aromatic N) is 2. The first-order chi connectivity index (χ1) is 16.7. The number of aromatic nitrogens is 2. The van der Waals surface area contributed by atoms with E-state index >= 15 is 0 Å². The van der Waals surface area contributed by atoms with Crippen LogP contribution < -0.4 is 0 Å². The molecule has 1 heterocycles. The van der Waals surface area contributed by atoms with E-state index < -0.39 is 12.0 Å². The maximum absolute atomic E-state index is 12.5. The molecule has 1 unspecified atom stereocenters. The van der Waals surface area contributed by atoms with Crippen LogP contribution in [0.3, 0.4) is 0 Å². The van der Waals surface area contributed by atoms with Crippen LogP contribution in [-0.2, 0) is 4.79 Å². The third kappa shape index (κ3) is 5.18. The Morgan fingerprint density at radius 1 is 0.824 bits per heavy atom. The summed E-state index contributed by atoms with van der Waals surface area (Å²) in [5, 5.41) is 15.2. The number of carbonyl (C=O) groups is 1. The average Bonchev–Trinajstić information content (AvgIpc) is 3.28. The molecule has 1 atom stereocenters. The molecule has 0 spiro atoms. The van der Waals surface area contributed by atoms with E-state index in [9.17, 15) is 9.90 Å². The van der Waals surface area contributed by atoms with Crippen LogP contribution in [0.1, 0.15) is 38.6 Å². The molecule has 0 aliphatic rings. The van der Waals surface area contributed by atoms with Gasteiger partial charge >= 0.3 is 5.97 Å². The molecule has 172 valence electrons. The van der Waals surface area contributed by atoms with E-state index in [1.807, 2.05) is 78.9 Å². The van der Waals surface area contributed by atoms with Crippen LogP contribution in [0.5, 0.6) is 0 Å². The molecular weight excluding hydrogens is 420 g/mol. The first kappa shape index (κ1) is 23.2. The summed E-state index contributed by atoms with van der Waals surface area (Å²) in [4.78, 5) is 12.5. The summed E-state index contributed by atoms with van der Waals surface area (Å²) >= 11 is 0. The predicted molar refractivity (Wildman–Crippen MR) is 138 cm³/mol. The fraction of sp³-hybridized carbons (Fsp3) is 0.200. The maximum atomic E-state index is 12.5. The number of hydrogen-bond donors (Lipinski definition) is 1. The third-order valence-electron chi connectivity index (χ3n) is 5.88. The number of rotatable bonds is 10. The smallest absolute Gasteiger partial charge is 0.328 e. The van der Waals surface area contributed by atoms with Gasteiger partial charge in [-0.25, -0.2) is 9.48 Å². The lowest BCUT2D eigenvalue weighted by atomic mass is 9.95. The van der Waals surface area contributed by atoms with Gasteiger partial charge < -0.3 is 5.11 Å². The van der Waals surface area contributed by atoms with Gasteiger partial charge in [-0.3, -0.25) is 0 Å². The summed E-state index contributed by atoms with van der Waals surface area (Å²) in [6, 6.07) is 29.3. The molecule has 4 heteroatoms. The van der Waals surface area contributed by atoms with Gasteiger partial charge in [0, 0.05) is 16.7 Å². The van der Waals surface area contributed by atoms with Gasteiger partial charge in [0.25, 0.3) is 0 Å². The number of aliphatic carboxylic acids is 1. The predicted octanol–water partition coefficient (Wildman–Crippen LogP) is 7.65. The summed E-state index contributed by atoms with van der Waals surface area (Å²) in [6.45, 7) is 2.14. The number of carboxylic acids is 1. The summed E-state index contributed by atoms with van der Waals surface area (Å²) in [5.74, 6) is -0.872. The molecule has 3 aromatic carbocycles. The SMILES string of the molecule is CCC/C=C/CCC(C(=O)O)n1nc(-c2ccccc2)c(-c2ccccc2)c1-c1ccccc1. The molecule has 0 saturated heterocycles. The van der Waals surface area contributed by atoms with Gasteiger partial charge in [0.2, 0.25) is 0 Å². The molecule has 4 nitrogen and oxygen atoms in total. The zero-order valence-corrected chi connectivity index (χ0v) is 19.5. The van der Waals surface area contributed by atoms with Gasteiger partial charge in [0.05, 0.1) is 5.69 Å². The van der Waals surface area contributed by atoms with Crippen molar-refractivity contribution in [3.8, 4) is 33.6 Å². The van der Waals surface area contributed by atoms with Crippen molar-refractivity contribution in [2.45, 2.75) is 38.6 Å². The van der Waals surface area contributed by atoms with Crippen LogP contribution in [0.4, 0.5) is 0 Å². The van der Waals surface area contributed by atoms with Crippen LogP contribution in [0, 0.1) is 0 Å². The largest absolute Gasteiger partial charge is 0.480 e. The van der Waals surface area contributed by atoms with E-state index in [-0.39, 0.29) is 0 Å². The first-order valence-corrected chi connectivity index (χ1v) is 11.9. The van der Waals surface area contributed by atoms with E-state index in [2.05, 4.69) is 31.2 Å². The second-order valence-electron chi connectivity index (χ2n) is 8.31. The Morgan fingerprint density at radius 3 is 1.91 bits per heavy atom. The van der Waals surface area contributed by atoms with Crippen molar-refractivity contribution in [2.24, 2.45) is 0 Å². The molecule has 4 aromatic rings. The summed E-state index contributed by atoms with van der Waals surface area (Å²) in [7, 11) is 0. The lowest BCUT2D eigenvalue weighted by Gasteiger charge is -2.17. The normalized spacial score (nSPS) is 12.1. The lowest BCUT2D eigenvalue weighted by molar-refractivity contribution is -0.141. The highest BCUT2D eigenvalue weighted by atomic mass is 16.4. The number of unbranched alkanes of at least 4 members (excludes halogenated alkanes) is 1. The van der Waals surface area contributed by atoms with Crippen molar-refractivity contribution in [3.05, 3.63) is 103 Å². The molecule has 1 aromatic heterocycles. The third-order valence-corrected chi connectivity index (χ3v) is 5.88. The van der Waals surface area contributed by atoms with Crippen molar-refractivity contribution in [1.29, 1.82) is 0 Å². The van der Waals surface area contributed by atoms with Crippen LogP contribution in [0.2, 0.25) is 0 Å². The maximum Gasteiger partial charge on any atom is 0.328 e. The van der Waals surface area contributed by atoms with E-state index in [1.165, 1.54) is 0 Å². The number of carboxylic acid groups (broad SMARTS) is 1. The molecule has 0 fully saturated rings. The first-order valence-electron chi connectivity index (χ1n) is 11.9. The van der Waals surface area contributed by atoms with Gasteiger partial charge in [-0.15, -0.1) is 0 Å². The van der Waals surface area contributed by atoms with Crippen LogP contribution in [-0.4, -0.2) is 20.9 Å². The lowest BCUT2D eigenvalue weighted by Crippen LogP contribution is -2.21. The molecule has 0 radical (unpaired) electrons. The Morgan fingerprint density at radius 2 is 1.35 bits per heavy atom. The number of benzene rings is 3. The molecule has 0 amide bonds. The topological polar surface area (TPSA) is 55.1 Å². The Hall–Kier alpha value is -3.92. The molecule has 0 bridgehead atoms. The fourth-order valence-electron chi connectivity index (χ4n) is 4.22. The summed E-state index contributed by atoms with van der Waals surface area (Å²) in [6.07, 6.45) is 7.46. The van der Waals surface area contributed by atoms with Crippen molar-refractivity contribution in [2.75, 3.05) is 0 Å². The molecule has 4 rings (SSSR count). The minimum absolute atomic E-state index is 0.472. The molecule has 34 heavy (non-hydrogen) atoms. The average molecular weight is 451 g/mol. The highest BCUT2D eigenvalue weighted by Gasteiger charge is 2.29. The second kappa shape index (κ2) is 11.3. The Labute approximate surface area is 201 Å². The second-order valence-corrected chi connectivity index (χ2v) is 8.31. The highest BCUT2D eigenvalue weighted by molar-refractivity contribution is 5.92. The van der Waals surface area contributed by atoms with Gasteiger partial charge in [-0.1, -0.05) is 116 Å². The number of allylic oxidation sites excluding steroid dienone is 2. The minimum atomic E-state index is -0.872. The van der Waals surface area contributed by atoms with Crippen LogP contribution in [0.25, 0.3) is 33.6 Å². The van der Waals surface area contributed by atoms with E-state index in [0.717, 1.165) is 46.5 Å². The van der Waals surface area contributed by atoms with E-state index in [0.29, 0.717) is 12.8 Å². The molecule has 0 aliphatic heterocycles. The molecule has 0 saturated carbocycles. The van der Waals surface area contributed by atoms with Gasteiger partial charge in [0.15, 0.2) is 0 Å². The van der Waals surface area contributed by atoms with Crippen molar-refractivity contribution in [3.63, 3.8) is 0 Å². The standard InChI is InChI=1S/C30H30N2O2/c1-2-3-4-5-15-22-26(30(33)34)32-29(25-20-13-8-14-21-25)27(23-16-9-6-10-17-23)28(31-32)24-18-11-7-12-19-24/h4-14,16-21,26H,2-3,15,22H2,1H3,(H,33,34)/b5-4+. The van der Waals surface area contributed by atoms with Crippen molar-refractivity contribution < 1.29 is 9.90 Å². The van der Waals surface area contributed by atoms with E-state index in [4.69, 9.17) is 5.10 Å². The molecule has 0 aliphatic carbocycles. The quantitative estimate of drug-likeness (QED) is 0.253. The van der Waals surface area contributed by atoms with Crippen molar-refractivity contribution in [1.82, 2.24) is 9.78 Å². The fourth-order valence-corrected chi connectivity index (χ4v) is 4.22.